The van der Waals surface area contributed by atoms with Crippen LogP contribution in [0.3, 0.4) is 0 Å². The van der Waals surface area contributed by atoms with Crippen molar-refractivity contribution >= 4 is 49.6 Å². The summed E-state index contributed by atoms with van der Waals surface area (Å²) < 4.78 is 2.45. The first-order valence-electron chi connectivity index (χ1n) is 21.9. The zero-order valence-electron chi connectivity index (χ0n) is 35.3. The lowest BCUT2D eigenvalue weighted by molar-refractivity contribution is 0.660. The van der Waals surface area contributed by atoms with E-state index in [-0.39, 0.29) is 5.41 Å². The highest BCUT2D eigenvalue weighted by atomic mass is 15.1. The molecule has 0 unspecified atom stereocenters. The van der Waals surface area contributed by atoms with Crippen molar-refractivity contribution in [3.05, 3.63) is 242 Å². The minimum atomic E-state index is -0.120. The average Bonchev–Trinajstić information content (AvgIpc) is 3.79. The molecule has 0 radical (unpaired) electrons. The molecule has 0 amide bonds. The highest BCUT2D eigenvalue weighted by Gasteiger charge is 2.36. The summed E-state index contributed by atoms with van der Waals surface area (Å²) in [4.78, 5) is 2.44. The molecule has 0 saturated carbocycles. The Bertz CT molecular complexity index is 3540. The fourth-order valence-electron chi connectivity index (χ4n) is 10.3. The van der Waals surface area contributed by atoms with Gasteiger partial charge in [0.25, 0.3) is 0 Å². The third kappa shape index (κ3) is 6.02. The molecule has 0 bridgehead atoms. The first-order valence-corrected chi connectivity index (χ1v) is 21.9. The monoisotopic (exact) mass is 804 g/mol. The number of aromatic nitrogens is 1. The predicted octanol–water partition coefficient (Wildman–Crippen LogP) is 16.7. The molecule has 0 spiro atoms. The van der Waals surface area contributed by atoms with Crippen molar-refractivity contribution in [2.75, 3.05) is 4.90 Å². The van der Waals surface area contributed by atoms with Gasteiger partial charge in [-0.2, -0.15) is 0 Å². The average molecular weight is 805 g/mol. The van der Waals surface area contributed by atoms with Gasteiger partial charge in [0, 0.05) is 38.7 Å². The van der Waals surface area contributed by atoms with E-state index in [9.17, 15) is 0 Å². The lowest BCUT2D eigenvalue weighted by Crippen LogP contribution is -2.16. The lowest BCUT2D eigenvalue weighted by Gasteiger charge is -2.30. The Morgan fingerprint density at radius 2 is 0.937 bits per heavy atom. The minimum Gasteiger partial charge on any atom is -0.310 e. The Morgan fingerprint density at radius 1 is 0.349 bits per heavy atom. The number of para-hydroxylation sites is 3. The van der Waals surface area contributed by atoms with Gasteiger partial charge in [-0.25, -0.2) is 0 Å². The number of rotatable bonds is 7. The van der Waals surface area contributed by atoms with E-state index in [1.54, 1.807) is 0 Å². The minimum absolute atomic E-state index is 0.120. The van der Waals surface area contributed by atoms with Crippen molar-refractivity contribution in [3.8, 4) is 50.2 Å². The van der Waals surface area contributed by atoms with Crippen LogP contribution >= 0.6 is 0 Å². The SMILES string of the molecule is CC1(C)c2ccccc2-c2ccc(N(c3ccc(-c4ccccc4-n4c5ccccc5c5cc(-c6ccc7ccccc7c6)ccc54)cc3)c3ccccc3-c3ccccc3)cc21. The first-order chi connectivity index (χ1) is 31.0. The van der Waals surface area contributed by atoms with Crippen LogP contribution in [-0.4, -0.2) is 4.57 Å². The van der Waals surface area contributed by atoms with E-state index < -0.39 is 0 Å². The van der Waals surface area contributed by atoms with Gasteiger partial charge in [-0.3, -0.25) is 0 Å². The molecule has 298 valence electrons. The summed E-state index contributed by atoms with van der Waals surface area (Å²) in [5.41, 5.74) is 19.3. The molecule has 2 nitrogen and oxygen atoms in total. The van der Waals surface area contributed by atoms with Crippen LogP contribution in [-0.2, 0) is 5.41 Å². The smallest absolute Gasteiger partial charge is 0.0541 e. The number of fused-ring (bicyclic) bond motifs is 7. The van der Waals surface area contributed by atoms with Crippen LogP contribution in [0.1, 0.15) is 25.0 Å². The number of hydrogen-bond donors (Lipinski definition) is 0. The van der Waals surface area contributed by atoms with Gasteiger partial charge in [0.2, 0.25) is 0 Å². The largest absolute Gasteiger partial charge is 0.310 e. The molecule has 1 heterocycles. The molecule has 12 rings (SSSR count). The second kappa shape index (κ2) is 14.6. The highest BCUT2D eigenvalue weighted by molar-refractivity contribution is 6.11. The molecule has 11 aromatic rings. The van der Waals surface area contributed by atoms with Gasteiger partial charge >= 0.3 is 0 Å². The molecule has 0 aliphatic heterocycles. The van der Waals surface area contributed by atoms with Crippen molar-refractivity contribution in [1.29, 1.82) is 0 Å². The van der Waals surface area contributed by atoms with Gasteiger partial charge in [0.05, 0.1) is 22.4 Å². The van der Waals surface area contributed by atoms with Crippen molar-refractivity contribution in [1.82, 2.24) is 4.57 Å². The van der Waals surface area contributed by atoms with Gasteiger partial charge in [-0.1, -0.05) is 184 Å². The van der Waals surface area contributed by atoms with Gasteiger partial charge in [0.15, 0.2) is 0 Å². The Kier molecular flexibility index (Phi) is 8.55. The third-order valence-electron chi connectivity index (χ3n) is 13.4. The molecule has 1 aliphatic rings. The molecular formula is C61H44N2. The zero-order valence-corrected chi connectivity index (χ0v) is 35.3. The molecule has 0 atom stereocenters. The molecule has 10 aromatic carbocycles. The summed E-state index contributed by atoms with van der Waals surface area (Å²) >= 11 is 0. The van der Waals surface area contributed by atoms with Crippen LogP contribution in [0.2, 0.25) is 0 Å². The van der Waals surface area contributed by atoms with E-state index in [0.717, 1.165) is 28.3 Å². The van der Waals surface area contributed by atoms with Crippen LogP contribution in [0, 0.1) is 0 Å². The lowest BCUT2D eigenvalue weighted by atomic mass is 9.82. The van der Waals surface area contributed by atoms with E-state index >= 15 is 0 Å². The number of benzene rings is 10. The Hall–Kier alpha value is -7.94. The van der Waals surface area contributed by atoms with Crippen LogP contribution in [0.5, 0.6) is 0 Å². The summed E-state index contributed by atoms with van der Waals surface area (Å²) in [6.07, 6.45) is 0. The van der Waals surface area contributed by atoms with Gasteiger partial charge in [-0.15, -0.1) is 0 Å². The maximum Gasteiger partial charge on any atom is 0.0541 e. The van der Waals surface area contributed by atoms with E-state index in [0.29, 0.717) is 0 Å². The number of hydrogen-bond acceptors (Lipinski definition) is 1. The topological polar surface area (TPSA) is 8.17 Å². The summed E-state index contributed by atoms with van der Waals surface area (Å²) in [6.45, 7) is 4.72. The molecule has 1 aliphatic carbocycles. The fourth-order valence-corrected chi connectivity index (χ4v) is 10.3. The zero-order chi connectivity index (χ0) is 42.1. The second-order valence-corrected chi connectivity index (χ2v) is 17.3. The van der Waals surface area contributed by atoms with Crippen LogP contribution in [0.15, 0.2) is 231 Å². The maximum absolute atomic E-state index is 2.45. The quantitative estimate of drug-likeness (QED) is 0.156. The van der Waals surface area contributed by atoms with Crippen LogP contribution in [0.25, 0.3) is 82.8 Å². The number of nitrogens with zero attached hydrogens (tertiary/aromatic N) is 2. The van der Waals surface area contributed by atoms with Crippen molar-refractivity contribution in [3.63, 3.8) is 0 Å². The summed E-state index contributed by atoms with van der Waals surface area (Å²) in [6, 6.07) is 84.6. The molecule has 63 heavy (non-hydrogen) atoms. The Morgan fingerprint density at radius 3 is 1.79 bits per heavy atom. The van der Waals surface area contributed by atoms with E-state index in [4.69, 9.17) is 0 Å². The first kappa shape index (κ1) is 36.9. The summed E-state index contributed by atoms with van der Waals surface area (Å²) in [7, 11) is 0. The van der Waals surface area contributed by atoms with Crippen LogP contribution < -0.4 is 4.90 Å². The normalized spacial score (nSPS) is 12.7. The van der Waals surface area contributed by atoms with Crippen molar-refractivity contribution in [2.45, 2.75) is 19.3 Å². The Balaban J connectivity index is 0.984. The molecule has 1 aromatic heterocycles. The molecular weight excluding hydrogens is 761 g/mol. The van der Waals surface area contributed by atoms with Gasteiger partial charge in [-0.05, 0) is 116 Å². The predicted molar refractivity (Wildman–Crippen MR) is 267 cm³/mol. The fraction of sp³-hybridized carbons (Fsp3) is 0.0492. The van der Waals surface area contributed by atoms with Crippen molar-refractivity contribution < 1.29 is 0 Å². The third-order valence-corrected chi connectivity index (χ3v) is 13.4. The van der Waals surface area contributed by atoms with Crippen molar-refractivity contribution in [2.24, 2.45) is 0 Å². The van der Waals surface area contributed by atoms with E-state index in [2.05, 4.69) is 254 Å². The second-order valence-electron chi connectivity index (χ2n) is 17.3. The number of anilines is 3. The van der Waals surface area contributed by atoms with Crippen LogP contribution in [0.4, 0.5) is 17.1 Å². The highest BCUT2D eigenvalue weighted by Crippen LogP contribution is 2.51. The maximum atomic E-state index is 2.45. The summed E-state index contributed by atoms with van der Waals surface area (Å²) in [5, 5.41) is 5.00. The van der Waals surface area contributed by atoms with Gasteiger partial charge < -0.3 is 9.47 Å². The Labute approximate surface area is 368 Å². The molecule has 0 saturated heterocycles. The molecule has 2 heteroatoms. The van der Waals surface area contributed by atoms with E-state index in [1.807, 2.05) is 0 Å². The van der Waals surface area contributed by atoms with Gasteiger partial charge in [0.1, 0.15) is 0 Å². The standard InChI is InChI=1S/C61H44N2/c1-61(2)55-24-12-8-22-51(55)52-36-35-48(40-56(52)61)62(57-25-13-9-20-49(57)42-17-4-3-5-18-42)47-33-30-43(31-34-47)50-21-10-14-26-58(50)63-59-27-15-11-23-53(59)54-39-46(32-37-60(54)63)45-29-28-41-16-6-7-19-44(41)38-45/h3-40H,1-2H3. The summed E-state index contributed by atoms with van der Waals surface area (Å²) in [5.74, 6) is 0. The molecule has 0 N–H and O–H groups in total. The van der Waals surface area contributed by atoms with E-state index in [1.165, 1.54) is 82.6 Å². The molecule has 0 fully saturated rings.